The molecule has 1 unspecified atom stereocenters. The molecule has 110 valence electrons. The maximum atomic E-state index is 6.28. The molecule has 0 saturated carbocycles. The molecule has 6 heteroatoms. The average Bonchev–Trinajstić information content (AvgIpc) is 2.73. The highest BCUT2D eigenvalue weighted by Crippen LogP contribution is 2.23. The number of ether oxygens (including phenoxy) is 1. The molecular weight excluding hydrogens is 264 g/mol. The highest BCUT2D eigenvalue weighted by molar-refractivity contribution is 6.31. The van der Waals surface area contributed by atoms with Crippen LogP contribution in [0.25, 0.3) is 0 Å². The van der Waals surface area contributed by atoms with Crippen LogP contribution >= 0.6 is 11.6 Å². The van der Waals surface area contributed by atoms with E-state index in [1.165, 1.54) is 0 Å². The molecule has 0 radical (unpaired) electrons. The Balaban J connectivity index is 2.83. The summed E-state index contributed by atoms with van der Waals surface area (Å²) in [4.78, 5) is 2.13. The van der Waals surface area contributed by atoms with Crippen molar-refractivity contribution in [1.82, 2.24) is 20.0 Å². The van der Waals surface area contributed by atoms with Crippen LogP contribution in [0.1, 0.15) is 25.1 Å². The van der Waals surface area contributed by atoms with Crippen molar-refractivity contribution >= 4 is 11.6 Å². The minimum absolute atomic E-state index is 0.0853. The molecule has 5 nitrogen and oxygen atoms in total. The lowest BCUT2D eigenvalue weighted by Crippen LogP contribution is -2.30. The summed E-state index contributed by atoms with van der Waals surface area (Å²) in [6.45, 7) is 5.42. The predicted molar refractivity (Wildman–Crippen MR) is 78.7 cm³/mol. The monoisotopic (exact) mass is 288 g/mol. The second-order valence-electron chi connectivity index (χ2n) is 4.87. The molecule has 1 aromatic rings. The Labute approximate surface area is 120 Å². The molecule has 0 aliphatic heterocycles. The van der Waals surface area contributed by atoms with Crippen molar-refractivity contribution in [2.75, 3.05) is 40.9 Å². The van der Waals surface area contributed by atoms with Gasteiger partial charge in [0.1, 0.15) is 0 Å². The third-order valence-electron chi connectivity index (χ3n) is 2.90. The van der Waals surface area contributed by atoms with Crippen molar-refractivity contribution < 1.29 is 4.74 Å². The number of nitrogens with zero attached hydrogens (tertiary/aromatic N) is 3. The van der Waals surface area contributed by atoms with Crippen molar-refractivity contribution in [2.24, 2.45) is 0 Å². The summed E-state index contributed by atoms with van der Waals surface area (Å²) in [7, 11) is 5.80. The summed E-state index contributed by atoms with van der Waals surface area (Å²) < 4.78 is 7.25. The van der Waals surface area contributed by atoms with Gasteiger partial charge in [-0.1, -0.05) is 18.5 Å². The van der Waals surface area contributed by atoms with Gasteiger partial charge in [-0.05, 0) is 27.1 Å². The molecule has 0 aromatic carbocycles. The van der Waals surface area contributed by atoms with Crippen LogP contribution in [0.3, 0.4) is 0 Å². The molecule has 0 amide bonds. The molecule has 0 fully saturated rings. The standard InChI is InChI=1S/C13H25ClN4O/c1-5-6-15-12(10-19-4)13-11(14)9-16-18(13)8-7-17(2)3/h9,12,15H,5-8,10H2,1-4H3. The fraction of sp³-hybridized carbons (Fsp3) is 0.769. The van der Waals surface area contributed by atoms with Crippen LogP contribution in [0.15, 0.2) is 6.20 Å². The van der Waals surface area contributed by atoms with E-state index >= 15 is 0 Å². The summed E-state index contributed by atoms with van der Waals surface area (Å²) in [5, 5.41) is 8.52. The Kier molecular flexibility index (Phi) is 7.38. The van der Waals surface area contributed by atoms with Gasteiger partial charge in [0.25, 0.3) is 0 Å². The van der Waals surface area contributed by atoms with Gasteiger partial charge in [-0.25, -0.2) is 0 Å². The Hall–Kier alpha value is -0.620. The van der Waals surface area contributed by atoms with E-state index in [1.807, 2.05) is 18.8 Å². The Bertz CT molecular complexity index is 368. The number of halogens is 1. The second-order valence-corrected chi connectivity index (χ2v) is 5.27. The largest absolute Gasteiger partial charge is 0.383 e. The molecule has 19 heavy (non-hydrogen) atoms. The first-order chi connectivity index (χ1) is 9.10. The van der Waals surface area contributed by atoms with Gasteiger partial charge in [0.15, 0.2) is 0 Å². The summed E-state index contributed by atoms with van der Waals surface area (Å²) in [5.74, 6) is 0. The number of methoxy groups -OCH3 is 1. The molecule has 1 heterocycles. The zero-order chi connectivity index (χ0) is 14.3. The van der Waals surface area contributed by atoms with Crippen LogP contribution in [0.5, 0.6) is 0 Å². The summed E-state index contributed by atoms with van der Waals surface area (Å²) in [5.41, 5.74) is 1.01. The topological polar surface area (TPSA) is 42.3 Å². The number of rotatable bonds is 9. The molecule has 0 saturated heterocycles. The third-order valence-corrected chi connectivity index (χ3v) is 3.19. The lowest BCUT2D eigenvalue weighted by atomic mass is 10.2. The van der Waals surface area contributed by atoms with Gasteiger partial charge in [0.05, 0.1) is 36.1 Å². The molecule has 1 aromatic heterocycles. The lowest BCUT2D eigenvalue weighted by Gasteiger charge is -2.20. The highest BCUT2D eigenvalue weighted by Gasteiger charge is 2.19. The van der Waals surface area contributed by atoms with E-state index < -0.39 is 0 Å². The fourth-order valence-electron chi connectivity index (χ4n) is 1.91. The van der Waals surface area contributed by atoms with Crippen molar-refractivity contribution in [2.45, 2.75) is 25.9 Å². The first-order valence-corrected chi connectivity index (χ1v) is 7.06. The number of hydrogen-bond donors (Lipinski definition) is 1. The maximum Gasteiger partial charge on any atom is 0.0835 e. The molecular formula is C13H25ClN4O. The minimum Gasteiger partial charge on any atom is -0.383 e. The number of likely N-dealkylation sites (N-methyl/N-ethyl adjacent to an activating group) is 1. The van der Waals surface area contributed by atoms with E-state index in [4.69, 9.17) is 16.3 Å². The van der Waals surface area contributed by atoms with Crippen LogP contribution in [0.2, 0.25) is 5.02 Å². The van der Waals surface area contributed by atoms with Gasteiger partial charge < -0.3 is 15.0 Å². The van der Waals surface area contributed by atoms with Gasteiger partial charge in [0.2, 0.25) is 0 Å². The molecule has 1 N–H and O–H groups in total. The molecule has 0 aliphatic carbocycles. The van der Waals surface area contributed by atoms with Crippen molar-refractivity contribution in [3.05, 3.63) is 16.9 Å². The van der Waals surface area contributed by atoms with Gasteiger partial charge in [-0.15, -0.1) is 0 Å². The van der Waals surface area contributed by atoms with Crippen LogP contribution < -0.4 is 5.32 Å². The van der Waals surface area contributed by atoms with Crippen LogP contribution in [-0.4, -0.2) is 55.6 Å². The van der Waals surface area contributed by atoms with E-state index in [-0.39, 0.29) is 6.04 Å². The zero-order valence-corrected chi connectivity index (χ0v) is 13.1. The van der Waals surface area contributed by atoms with Crippen molar-refractivity contribution in [1.29, 1.82) is 0 Å². The normalized spacial score (nSPS) is 13.2. The first kappa shape index (κ1) is 16.4. The van der Waals surface area contributed by atoms with E-state index in [9.17, 15) is 0 Å². The quantitative estimate of drug-likeness (QED) is 0.752. The van der Waals surface area contributed by atoms with Crippen molar-refractivity contribution in [3.8, 4) is 0 Å². The van der Waals surface area contributed by atoms with E-state index in [0.29, 0.717) is 11.6 Å². The molecule has 1 atom stereocenters. The highest BCUT2D eigenvalue weighted by atomic mass is 35.5. The Morgan fingerprint density at radius 2 is 2.26 bits per heavy atom. The zero-order valence-electron chi connectivity index (χ0n) is 12.3. The van der Waals surface area contributed by atoms with E-state index in [0.717, 1.165) is 31.7 Å². The molecule has 1 rings (SSSR count). The second kappa shape index (κ2) is 8.53. The van der Waals surface area contributed by atoms with Gasteiger partial charge in [0, 0.05) is 13.7 Å². The van der Waals surface area contributed by atoms with E-state index in [1.54, 1.807) is 13.3 Å². The molecule has 0 spiro atoms. The smallest absolute Gasteiger partial charge is 0.0835 e. The fourth-order valence-corrected chi connectivity index (χ4v) is 2.18. The maximum absolute atomic E-state index is 6.28. The lowest BCUT2D eigenvalue weighted by molar-refractivity contribution is 0.163. The Morgan fingerprint density at radius 3 is 2.84 bits per heavy atom. The van der Waals surface area contributed by atoms with Gasteiger partial charge >= 0.3 is 0 Å². The predicted octanol–water partition coefficient (Wildman–Crippen LogP) is 1.79. The third kappa shape index (κ3) is 5.10. The summed E-state index contributed by atoms with van der Waals surface area (Å²) >= 11 is 6.28. The Morgan fingerprint density at radius 1 is 1.53 bits per heavy atom. The summed E-state index contributed by atoms with van der Waals surface area (Å²) in [6.07, 6.45) is 2.78. The van der Waals surface area contributed by atoms with Gasteiger partial charge in [-0.2, -0.15) is 5.10 Å². The molecule has 0 bridgehead atoms. The molecule has 0 aliphatic rings. The minimum atomic E-state index is 0.0853. The van der Waals surface area contributed by atoms with Crippen LogP contribution in [0.4, 0.5) is 0 Å². The average molecular weight is 289 g/mol. The number of nitrogens with one attached hydrogen (secondary N) is 1. The van der Waals surface area contributed by atoms with E-state index in [2.05, 4.69) is 22.2 Å². The van der Waals surface area contributed by atoms with Crippen molar-refractivity contribution in [3.63, 3.8) is 0 Å². The first-order valence-electron chi connectivity index (χ1n) is 6.68. The number of hydrogen-bond acceptors (Lipinski definition) is 4. The SMILES string of the molecule is CCCNC(COC)c1c(Cl)cnn1CCN(C)C. The summed E-state index contributed by atoms with van der Waals surface area (Å²) in [6, 6.07) is 0.0853. The number of aromatic nitrogens is 2. The van der Waals surface area contributed by atoms with Crippen LogP contribution in [0, 0.1) is 0 Å². The van der Waals surface area contributed by atoms with Crippen LogP contribution in [-0.2, 0) is 11.3 Å². The van der Waals surface area contributed by atoms with Gasteiger partial charge in [-0.3, -0.25) is 4.68 Å².